The highest BCUT2D eigenvalue weighted by Gasteiger charge is 2.13. The molecule has 2 aromatic carbocycles. The van der Waals surface area contributed by atoms with Gasteiger partial charge >= 0.3 is 0 Å². The van der Waals surface area contributed by atoms with Crippen LogP contribution in [0.1, 0.15) is 10.6 Å². The largest absolute Gasteiger partial charge is 0.508 e. The van der Waals surface area contributed by atoms with Crippen LogP contribution in [0.25, 0.3) is 11.0 Å². The van der Waals surface area contributed by atoms with Crippen molar-refractivity contribution in [3.63, 3.8) is 0 Å². The molecule has 0 radical (unpaired) electrons. The number of carbonyl (C=O) groups excluding carboxylic acids is 1. The van der Waals surface area contributed by atoms with E-state index in [-0.39, 0.29) is 36.4 Å². The Morgan fingerprint density at radius 1 is 1.10 bits per heavy atom. The van der Waals surface area contributed by atoms with E-state index in [4.69, 9.17) is 9.52 Å². The van der Waals surface area contributed by atoms with Gasteiger partial charge in [-0.25, -0.2) is 9.37 Å². The molecule has 4 rings (SSSR count). The molecule has 0 aliphatic carbocycles. The molecule has 10 heteroatoms. The molecule has 2 heterocycles. The van der Waals surface area contributed by atoms with Gasteiger partial charge in [0.15, 0.2) is 17.4 Å². The number of fused-ring (bicyclic) bond motifs is 1. The fourth-order valence-electron chi connectivity index (χ4n) is 2.85. The first-order valence-electron chi connectivity index (χ1n) is 9.30. The van der Waals surface area contributed by atoms with Crippen molar-refractivity contribution in [2.45, 2.75) is 0 Å². The van der Waals surface area contributed by atoms with E-state index in [0.29, 0.717) is 22.3 Å². The molecule has 0 atom stereocenters. The van der Waals surface area contributed by atoms with Crippen LogP contribution in [0.15, 0.2) is 59.1 Å². The minimum Gasteiger partial charge on any atom is -0.508 e. The van der Waals surface area contributed by atoms with Gasteiger partial charge in [0.1, 0.15) is 11.3 Å². The van der Waals surface area contributed by atoms with Crippen molar-refractivity contribution in [1.29, 1.82) is 0 Å². The molecule has 0 bridgehead atoms. The highest BCUT2D eigenvalue weighted by Crippen LogP contribution is 2.26. The van der Waals surface area contributed by atoms with Gasteiger partial charge in [-0.1, -0.05) is 6.07 Å². The number of phenols is 1. The number of furan rings is 1. The molecule has 4 aromatic rings. The van der Waals surface area contributed by atoms with Crippen LogP contribution in [-0.4, -0.2) is 39.2 Å². The molecule has 158 valence electrons. The highest BCUT2D eigenvalue weighted by atomic mass is 19.1. The summed E-state index contributed by atoms with van der Waals surface area (Å²) < 4.78 is 19.6. The number of hydrogen-bond acceptors (Lipinski definition) is 8. The SMILES string of the molecule is O=C(NCCO)c1cc2cc(Nc3ncc(F)c(Nc4cccc(O)c4)n3)ccc2o1. The Kier molecular flexibility index (Phi) is 5.63. The van der Waals surface area contributed by atoms with Crippen LogP contribution < -0.4 is 16.0 Å². The summed E-state index contributed by atoms with van der Waals surface area (Å²) in [4.78, 5) is 20.1. The van der Waals surface area contributed by atoms with Gasteiger partial charge in [-0.05, 0) is 36.4 Å². The zero-order valence-electron chi connectivity index (χ0n) is 16.1. The zero-order valence-corrected chi connectivity index (χ0v) is 16.1. The van der Waals surface area contributed by atoms with E-state index in [0.717, 1.165) is 6.20 Å². The van der Waals surface area contributed by atoms with Gasteiger partial charge in [0.2, 0.25) is 5.95 Å². The number of aliphatic hydroxyl groups is 1. The Hall–Kier alpha value is -4.18. The molecule has 0 saturated carbocycles. The molecule has 0 saturated heterocycles. The van der Waals surface area contributed by atoms with Gasteiger partial charge in [0, 0.05) is 29.4 Å². The van der Waals surface area contributed by atoms with E-state index < -0.39 is 11.7 Å². The first-order valence-corrected chi connectivity index (χ1v) is 9.30. The lowest BCUT2D eigenvalue weighted by Gasteiger charge is -2.09. The van der Waals surface area contributed by atoms with Crippen LogP contribution in [0.2, 0.25) is 0 Å². The summed E-state index contributed by atoms with van der Waals surface area (Å²) in [6, 6.07) is 12.9. The van der Waals surface area contributed by atoms with E-state index in [9.17, 15) is 14.3 Å². The minimum atomic E-state index is -0.655. The fourth-order valence-corrected chi connectivity index (χ4v) is 2.85. The maximum Gasteiger partial charge on any atom is 0.287 e. The minimum absolute atomic E-state index is 0.0376. The van der Waals surface area contributed by atoms with Crippen molar-refractivity contribution >= 4 is 40.0 Å². The van der Waals surface area contributed by atoms with Crippen molar-refractivity contribution in [3.8, 4) is 5.75 Å². The standard InChI is InChI=1S/C21H18FN5O4/c22-16-11-24-21(27-19(16)25-13-2-1-3-15(29)10-13)26-14-4-5-17-12(8-14)9-18(31-17)20(30)23-6-7-28/h1-5,8-11,28-29H,6-7H2,(H,23,30)(H2,24,25,26,27). The topological polar surface area (TPSA) is 133 Å². The van der Waals surface area contributed by atoms with Gasteiger partial charge in [-0.3, -0.25) is 4.79 Å². The molecular formula is C21H18FN5O4. The van der Waals surface area contributed by atoms with Crippen molar-refractivity contribution < 1.29 is 23.8 Å². The van der Waals surface area contributed by atoms with Crippen LogP contribution in [0, 0.1) is 5.82 Å². The molecule has 31 heavy (non-hydrogen) atoms. The highest BCUT2D eigenvalue weighted by molar-refractivity contribution is 5.96. The average molecular weight is 423 g/mol. The third-order valence-electron chi connectivity index (χ3n) is 4.25. The quantitative estimate of drug-likeness (QED) is 0.306. The Morgan fingerprint density at radius 3 is 2.74 bits per heavy atom. The predicted octanol–water partition coefficient (Wildman–Crippen LogP) is 3.28. The Labute approximate surface area is 175 Å². The number of amides is 1. The molecule has 0 aliphatic heterocycles. The molecule has 2 aromatic heterocycles. The summed E-state index contributed by atoms with van der Waals surface area (Å²) in [5.74, 6) is -0.836. The van der Waals surface area contributed by atoms with Gasteiger partial charge < -0.3 is 30.6 Å². The van der Waals surface area contributed by atoms with E-state index >= 15 is 0 Å². The molecule has 0 fully saturated rings. The van der Waals surface area contributed by atoms with Crippen molar-refractivity contribution in [2.24, 2.45) is 0 Å². The van der Waals surface area contributed by atoms with Crippen molar-refractivity contribution in [3.05, 3.63) is 66.3 Å². The van der Waals surface area contributed by atoms with E-state index in [1.54, 1.807) is 36.4 Å². The Morgan fingerprint density at radius 2 is 1.94 bits per heavy atom. The number of nitrogens with one attached hydrogen (secondary N) is 3. The number of rotatable bonds is 7. The second-order valence-electron chi connectivity index (χ2n) is 6.53. The molecule has 0 spiro atoms. The lowest BCUT2D eigenvalue weighted by Crippen LogP contribution is -2.25. The van der Waals surface area contributed by atoms with E-state index in [1.807, 2.05) is 0 Å². The number of carbonyl (C=O) groups is 1. The number of aromatic nitrogens is 2. The summed E-state index contributed by atoms with van der Waals surface area (Å²) >= 11 is 0. The molecular weight excluding hydrogens is 405 g/mol. The number of nitrogens with zero attached hydrogens (tertiary/aromatic N) is 2. The summed E-state index contributed by atoms with van der Waals surface area (Å²) in [6.45, 7) is -0.0382. The predicted molar refractivity (Wildman–Crippen MR) is 112 cm³/mol. The number of anilines is 4. The third kappa shape index (κ3) is 4.70. The lowest BCUT2D eigenvalue weighted by molar-refractivity contribution is 0.0919. The van der Waals surface area contributed by atoms with Crippen molar-refractivity contribution in [1.82, 2.24) is 15.3 Å². The Balaban J connectivity index is 1.53. The van der Waals surface area contributed by atoms with Gasteiger partial charge in [-0.2, -0.15) is 4.98 Å². The number of hydrogen-bond donors (Lipinski definition) is 5. The summed E-state index contributed by atoms with van der Waals surface area (Å²) in [6.07, 6.45) is 1.03. The monoisotopic (exact) mass is 423 g/mol. The van der Waals surface area contributed by atoms with E-state index in [1.165, 1.54) is 12.1 Å². The van der Waals surface area contributed by atoms with Crippen LogP contribution in [0.4, 0.5) is 27.5 Å². The number of halogens is 1. The van der Waals surface area contributed by atoms with Gasteiger partial charge in [0.25, 0.3) is 5.91 Å². The third-order valence-corrected chi connectivity index (χ3v) is 4.25. The molecule has 5 N–H and O–H groups in total. The fraction of sp³-hybridized carbons (Fsp3) is 0.0952. The second-order valence-corrected chi connectivity index (χ2v) is 6.53. The maximum atomic E-state index is 14.1. The average Bonchev–Trinajstić information content (AvgIpc) is 3.18. The number of phenolic OH excluding ortho intramolecular Hbond substituents is 1. The van der Waals surface area contributed by atoms with Crippen LogP contribution in [-0.2, 0) is 0 Å². The number of aliphatic hydroxyl groups excluding tert-OH is 1. The maximum absolute atomic E-state index is 14.1. The number of aromatic hydroxyl groups is 1. The van der Waals surface area contributed by atoms with E-state index in [2.05, 4.69) is 25.9 Å². The second kappa shape index (κ2) is 8.67. The van der Waals surface area contributed by atoms with Crippen LogP contribution in [0.3, 0.4) is 0 Å². The first-order chi connectivity index (χ1) is 15.0. The zero-order chi connectivity index (χ0) is 21.8. The Bertz CT molecular complexity index is 1240. The smallest absolute Gasteiger partial charge is 0.287 e. The van der Waals surface area contributed by atoms with Gasteiger partial charge in [-0.15, -0.1) is 0 Å². The normalized spacial score (nSPS) is 10.8. The summed E-state index contributed by atoms with van der Waals surface area (Å²) in [5, 5.41) is 27.3. The molecule has 0 unspecified atom stereocenters. The van der Waals surface area contributed by atoms with Crippen LogP contribution in [0.5, 0.6) is 5.75 Å². The summed E-state index contributed by atoms with van der Waals surface area (Å²) in [7, 11) is 0. The molecule has 9 nitrogen and oxygen atoms in total. The van der Waals surface area contributed by atoms with Crippen LogP contribution >= 0.6 is 0 Å². The summed E-state index contributed by atoms with van der Waals surface area (Å²) in [5.41, 5.74) is 1.58. The first kappa shape index (κ1) is 20.1. The van der Waals surface area contributed by atoms with Crippen molar-refractivity contribution in [2.75, 3.05) is 23.8 Å². The molecule has 1 amide bonds. The lowest BCUT2D eigenvalue weighted by atomic mass is 10.2. The molecule has 0 aliphatic rings. The number of benzene rings is 2. The van der Waals surface area contributed by atoms with Gasteiger partial charge in [0.05, 0.1) is 12.8 Å².